The second-order valence-corrected chi connectivity index (χ2v) is 16.1. The first-order chi connectivity index (χ1) is 22.2. The van der Waals surface area contributed by atoms with Crippen molar-refractivity contribution in [1.82, 2.24) is 25.2 Å². The molecule has 4 aliphatic rings. The third-order valence-corrected chi connectivity index (χ3v) is 11.2. The molecule has 2 bridgehead atoms. The molecule has 2 aliphatic heterocycles. The van der Waals surface area contributed by atoms with Crippen LogP contribution in [0.3, 0.4) is 0 Å². The summed E-state index contributed by atoms with van der Waals surface area (Å²) in [7, 11) is -3.84. The first-order valence-corrected chi connectivity index (χ1v) is 18.2. The van der Waals surface area contributed by atoms with E-state index in [0.717, 1.165) is 24.8 Å². The van der Waals surface area contributed by atoms with E-state index in [1.165, 1.54) is 4.90 Å². The molecule has 3 fully saturated rings. The van der Waals surface area contributed by atoms with E-state index in [-0.39, 0.29) is 31.9 Å². The monoisotopic (exact) mass is 673 g/mol. The number of alkyl carbamates (subject to hydrolysis) is 1. The van der Waals surface area contributed by atoms with E-state index < -0.39 is 68.2 Å². The first kappa shape index (κ1) is 34.6. The lowest BCUT2D eigenvalue weighted by Crippen LogP contribution is -2.60. The number of rotatable bonds is 6. The second-order valence-electron chi connectivity index (χ2n) is 14.2. The molecule has 5 atom stereocenters. The Kier molecular flexibility index (Phi) is 10.2. The third-order valence-electron chi connectivity index (χ3n) is 9.40. The van der Waals surface area contributed by atoms with Gasteiger partial charge in [0.05, 0.1) is 18.4 Å². The number of allylic oxidation sites excluding steroid dienone is 1. The highest BCUT2D eigenvalue weighted by Gasteiger charge is 2.62. The number of cyclic esters (lactones) is 1. The number of carbonyl (C=O) groups is 4. The number of sulfonamides is 1. The second kappa shape index (κ2) is 13.8. The highest BCUT2D eigenvalue weighted by atomic mass is 32.2. The summed E-state index contributed by atoms with van der Waals surface area (Å²) in [4.78, 5) is 60.4. The van der Waals surface area contributed by atoms with E-state index in [1.807, 2.05) is 45.9 Å². The lowest BCUT2D eigenvalue weighted by molar-refractivity contribution is -0.143. The quantitative estimate of drug-likeness (QED) is 0.410. The van der Waals surface area contributed by atoms with Crippen molar-refractivity contribution in [2.75, 3.05) is 13.2 Å². The zero-order chi connectivity index (χ0) is 34.0. The van der Waals surface area contributed by atoms with Crippen molar-refractivity contribution >= 4 is 39.9 Å². The SMILES string of the molecule is CCC1C[C@]1(NC(=O)[C@@H]1C[C@@H]2CN1C(=O)[C@H](C(C)(C)C)NC(=O)OCCCCC/C=C/c1cccnc1O2)C(=O)NS(=O)(=O)C1CC1. The van der Waals surface area contributed by atoms with Crippen molar-refractivity contribution in [3.63, 3.8) is 0 Å². The van der Waals surface area contributed by atoms with Gasteiger partial charge >= 0.3 is 6.09 Å². The molecular formula is C33H47N5O8S. The van der Waals surface area contributed by atoms with Crippen molar-refractivity contribution in [2.24, 2.45) is 11.3 Å². The molecule has 0 spiro atoms. The van der Waals surface area contributed by atoms with Crippen LogP contribution in [0, 0.1) is 11.3 Å². The van der Waals surface area contributed by atoms with Gasteiger partial charge in [-0.2, -0.15) is 0 Å². The predicted molar refractivity (Wildman–Crippen MR) is 173 cm³/mol. The number of hydrogen-bond acceptors (Lipinski definition) is 9. The molecule has 13 nitrogen and oxygen atoms in total. The van der Waals surface area contributed by atoms with Gasteiger partial charge in [0.15, 0.2) is 0 Å². The topological polar surface area (TPSA) is 173 Å². The molecule has 0 aromatic carbocycles. The van der Waals surface area contributed by atoms with Crippen molar-refractivity contribution in [3.8, 4) is 5.88 Å². The number of ether oxygens (including phenoxy) is 2. The van der Waals surface area contributed by atoms with Crippen LogP contribution in [0.15, 0.2) is 24.4 Å². The lowest BCUT2D eigenvalue weighted by atomic mass is 9.85. The van der Waals surface area contributed by atoms with Crippen molar-refractivity contribution in [2.45, 2.75) is 114 Å². The lowest BCUT2D eigenvalue weighted by Gasteiger charge is -2.35. The van der Waals surface area contributed by atoms with Crippen LogP contribution in [-0.4, -0.2) is 84.2 Å². The minimum absolute atomic E-state index is 0.0203. The van der Waals surface area contributed by atoms with Crippen molar-refractivity contribution in [3.05, 3.63) is 30.0 Å². The standard InChI is InChI=1S/C33H47N5O8S/c1-5-22-19-33(22,30(41)37-47(43,44)24-14-15-24)36-27(39)25-18-23-20-38(25)29(40)26(32(2,3)4)35-31(42)45-17-10-8-6-7-9-12-21-13-11-16-34-28(21)46-23/h9,11-13,16,22-26H,5-8,10,14-15,17-20H2,1-4H3,(H,35,42)(H,36,39)(H,37,41)/b12-9+/t22?,23-,25+,26-,33-/m1/s1. The fourth-order valence-corrected chi connectivity index (χ4v) is 7.71. The minimum atomic E-state index is -3.84. The van der Waals surface area contributed by atoms with Crippen LogP contribution in [-0.2, 0) is 29.1 Å². The van der Waals surface area contributed by atoms with E-state index in [0.29, 0.717) is 31.6 Å². The van der Waals surface area contributed by atoms with E-state index in [9.17, 15) is 27.6 Å². The summed E-state index contributed by atoms with van der Waals surface area (Å²) >= 11 is 0. The maximum atomic E-state index is 14.3. The van der Waals surface area contributed by atoms with Gasteiger partial charge in [0.2, 0.25) is 27.7 Å². The van der Waals surface area contributed by atoms with Gasteiger partial charge in [-0.1, -0.05) is 46.3 Å². The summed E-state index contributed by atoms with van der Waals surface area (Å²) in [6.07, 6.45) is 9.36. The van der Waals surface area contributed by atoms with Crippen LogP contribution < -0.4 is 20.1 Å². The van der Waals surface area contributed by atoms with E-state index in [2.05, 4.69) is 20.3 Å². The number of carbonyl (C=O) groups excluding carboxylic acids is 4. The molecule has 4 amide bonds. The molecule has 1 aromatic rings. The van der Waals surface area contributed by atoms with Gasteiger partial charge in [0, 0.05) is 18.2 Å². The molecule has 0 radical (unpaired) electrons. The minimum Gasteiger partial charge on any atom is -0.472 e. The van der Waals surface area contributed by atoms with Crippen molar-refractivity contribution < 1.29 is 37.1 Å². The number of amides is 4. The summed E-state index contributed by atoms with van der Waals surface area (Å²) < 4.78 is 39.2. The van der Waals surface area contributed by atoms with E-state index >= 15 is 0 Å². The summed E-state index contributed by atoms with van der Waals surface area (Å²) in [5.74, 6) is -1.75. The molecule has 2 saturated carbocycles. The van der Waals surface area contributed by atoms with E-state index in [4.69, 9.17) is 9.47 Å². The normalized spacial score (nSPS) is 29.6. The van der Waals surface area contributed by atoms with Gasteiger partial charge in [-0.3, -0.25) is 19.1 Å². The Hall–Kier alpha value is -3.68. The number of hydrogen-bond donors (Lipinski definition) is 3. The molecule has 1 unspecified atom stereocenters. The zero-order valence-corrected chi connectivity index (χ0v) is 28.4. The van der Waals surface area contributed by atoms with Crippen LogP contribution >= 0.6 is 0 Å². The molecule has 3 heterocycles. The number of nitrogens with zero attached hydrogens (tertiary/aromatic N) is 2. The number of aromatic nitrogens is 1. The Bertz CT molecular complexity index is 1500. The predicted octanol–water partition coefficient (Wildman–Crippen LogP) is 3.05. The fraction of sp³-hybridized carbons (Fsp3) is 0.667. The summed E-state index contributed by atoms with van der Waals surface area (Å²) in [6, 6.07) is 1.58. The Balaban J connectivity index is 1.44. The number of fused-ring (bicyclic) bond motifs is 3. The van der Waals surface area contributed by atoms with E-state index in [1.54, 1.807) is 12.3 Å². The average molecular weight is 674 g/mol. The number of pyridine rings is 1. The number of nitrogens with one attached hydrogen (secondary N) is 3. The van der Waals surface area contributed by atoms with Gasteiger partial charge in [-0.05, 0) is 68.4 Å². The molecule has 1 aromatic heterocycles. The Morgan fingerprint density at radius 3 is 2.62 bits per heavy atom. The molecule has 258 valence electrons. The van der Waals surface area contributed by atoms with Crippen LogP contribution in [0.4, 0.5) is 4.79 Å². The molecule has 5 rings (SSSR count). The molecular weight excluding hydrogens is 626 g/mol. The summed E-state index contributed by atoms with van der Waals surface area (Å²) in [5, 5.41) is 4.98. The highest BCUT2D eigenvalue weighted by Crippen LogP contribution is 2.47. The average Bonchev–Trinajstić information content (AvgIpc) is 3.93. The van der Waals surface area contributed by atoms with Gasteiger partial charge in [0.25, 0.3) is 5.91 Å². The maximum Gasteiger partial charge on any atom is 0.407 e. The van der Waals surface area contributed by atoms with Crippen LogP contribution in [0.1, 0.15) is 91.0 Å². The Morgan fingerprint density at radius 2 is 1.94 bits per heavy atom. The van der Waals surface area contributed by atoms with Crippen LogP contribution in [0.5, 0.6) is 5.88 Å². The fourth-order valence-electron chi connectivity index (χ4n) is 6.35. The highest BCUT2D eigenvalue weighted by molar-refractivity contribution is 7.91. The zero-order valence-electron chi connectivity index (χ0n) is 27.6. The Morgan fingerprint density at radius 1 is 1.17 bits per heavy atom. The molecule has 3 N–H and O–H groups in total. The molecule has 14 heteroatoms. The van der Waals surface area contributed by atoms with Crippen molar-refractivity contribution in [1.29, 1.82) is 0 Å². The summed E-state index contributed by atoms with van der Waals surface area (Å²) in [6.45, 7) is 7.52. The largest absolute Gasteiger partial charge is 0.472 e. The molecule has 1 saturated heterocycles. The smallest absolute Gasteiger partial charge is 0.407 e. The van der Waals surface area contributed by atoms with Gasteiger partial charge in [-0.15, -0.1) is 0 Å². The van der Waals surface area contributed by atoms with Gasteiger partial charge < -0.3 is 25.0 Å². The third kappa shape index (κ3) is 8.07. The van der Waals surface area contributed by atoms with Gasteiger partial charge in [-0.25, -0.2) is 18.2 Å². The Labute approximate surface area is 276 Å². The maximum absolute atomic E-state index is 14.3. The molecule has 2 aliphatic carbocycles. The van der Waals surface area contributed by atoms with Crippen LogP contribution in [0.2, 0.25) is 0 Å². The summed E-state index contributed by atoms with van der Waals surface area (Å²) in [5.41, 5.74) is -1.39. The van der Waals surface area contributed by atoms with Crippen LogP contribution in [0.25, 0.3) is 6.08 Å². The molecule has 47 heavy (non-hydrogen) atoms. The first-order valence-electron chi connectivity index (χ1n) is 16.6. The van der Waals surface area contributed by atoms with Gasteiger partial charge in [0.1, 0.15) is 23.7 Å².